The summed E-state index contributed by atoms with van der Waals surface area (Å²) < 4.78 is 6.98. The highest BCUT2D eigenvalue weighted by atomic mass is 16.4. The predicted octanol–water partition coefficient (Wildman–Crippen LogP) is 0.0898. The number of carbonyl (C=O) groups excluding carboxylic acids is 1. The first-order valence-electron chi connectivity index (χ1n) is 6.31. The van der Waals surface area contributed by atoms with E-state index in [9.17, 15) is 9.59 Å². The molecular weight excluding hydrogens is 278 g/mol. The van der Waals surface area contributed by atoms with Gasteiger partial charge in [0.15, 0.2) is 5.76 Å². The van der Waals surface area contributed by atoms with Gasteiger partial charge in [-0.3, -0.25) is 9.48 Å². The van der Waals surface area contributed by atoms with Gasteiger partial charge in [-0.25, -0.2) is 4.79 Å². The third-order valence-electron chi connectivity index (χ3n) is 2.78. The summed E-state index contributed by atoms with van der Waals surface area (Å²) in [5.74, 6) is -1.30. The fourth-order valence-corrected chi connectivity index (χ4v) is 1.75. The number of carboxylic acids is 1. The van der Waals surface area contributed by atoms with Gasteiger partial charge in [0.25, 0.3) is 5.91 Å². The van der Waals surface area contributed by atoms with E-state index in [4.69, 9.17) is 14.6 Å². The van der Waals surface area contributed by atoms with Crippen LogP contribution in [0.5, 0.6) is 0 Å². The number of aliphatic hydroxyl groups excluding tert-OH is 1. The Bertz CT molecular complexity index is 605. The van der Waals surface area contributed by atoms with E-state index in [0.29, 0.717) is 12.3 Å². The zero-order valence-corrected chi connectivity index (χ0v) is 11.1. The van der Waals surface area contributed by atoms with E-state index in [2.05, 4.69) is 10.4 Å². The molecule has 0 bridgehead atoms. The number of nitrogens with zero attached hydrogens (tertiary/aromatic N) is 2. The van der Waals surface area contributed by atoms with Crippen molar-refractivity contribution in [2.24, 2.45) is 0 Å². The Morgan fingerprint density at radius 1 is 1.43 bits per heavy atom. The number of aromatic nitrogens is 2. The van der Waals surface area contributed by atoms with E-state index >= 15 is 0 Å². The Kier molecular flexibility index (Phi) is 4.72. The second-order valence-electron chi connectivity index (χ2n) is 4.35. The second kappa shape index (κ2) is 6.71. The van der Waals surface area contributed by atoms with Gasteiger partial charge < -0.3 is 19.9 Å². The first kappa shape index (κ1) is 14.8. The molecule has 112 valence electrons. The number of carbonyl (C=O) groups is 2. The zero-order chi connectivity index (χ0) is 15.2. The van der Waals surface area contributed by atoms with Gasteiger partial charge in [0.2, 0.25) is 0 Å². The van der Waals surface area contributed by atoms with Crippen LogP contribution >= 0.6 is 0 Å². The molecule has 0 fully saturated rings. The van der Waals surface area contributed by atoms with Crippen molar-refractivity contribution in [3.63, 3.8) is 0 Å². The number of amides is 1. The minimum absolute atomic E-state index is 0.0151. The van der Waals surface area contributed by atoms with E-state index in [1.165, 1.54) is 6.07 Å². The molecular formula is C13H15N3O5. The predicted molar refractivity (Wildman–Crippen MR) is 70.6 cm³/mol. The second-order valence-corrected chi connectivity index (χ2v) is 4.35. The summed E-state index contributed by atoms with van der Waals surface area (Å²) in [6, 6.07) is 3.70. The summed E-state index contributed by atoms with van der Waals surface area (Å²) in [6.07, 6.45) is 3.31. The molecule has 0 radical (unpaired) electrons. The molecule has 0 aliphatic rings. The average molecular weight is 293 g/mol. The maximum atomic E-state index is 11.9. The lowest BCUT2D eigenvalue weighted by Crippen LogP contribution is -2.41. The normalized spacial score (nSPS) is 12.0. The fraction of sp³-hybridized carbons (Fsp3) is 0.308. The van der Waals surface area contributed by atoms with Crippen LogP contribution in [-0.4, -0.2) is 44.5 Å². The van der Waals surface area contributed by atoms with Crippen LogP contribution in [0.1, 0.15) is 22.7 Å². The molecule has 0 aromatic carbocycles. The largest absolute Gasteiger partial charge is 0.480 e. The molecule has 0 spiro atoms. The number of aliphatic hydroxyl groups is 1. The Labute approximate surface area is 120 Å². The zero-order valence-electron chi connectivity index (χ0n) is 11.1. The molecule has 1 amide bonds. The Balaban J connectivity index is 1.99. The molecule has 8 heteroatoms. The molecule has 2 heterocycles. The van der Waals surface area contributed by atoms with Crippen LogP contribution in [0.15, 0.2) is 35.0 Å². The summed E-state index contributed by atoms with van der Waals surface area (Å²) in [6.45, 7) is 0.0409. The molecule has 0 aliphatic heterocycles. The van der Waals surface area contributed by atoms with Crippen LogP contribution < -0.4 is 5.32 Å². The molecule has 2 aromatic rings. The van der Waals surface area contributed by atoms with Crippen LogP contribution in [0.25, 0.3) is 0 Å². The highest BCUT2D eigenvalue weighted by Crippen LogP contribution is 2.10. The summed E-state index contributed by atoms with van der Waals surface area (Å²) in [7, 11) is 0. The van der Waals surface area contributed by atoms with Crippen molar-refractivity contribution < 1.29 is 24.2 Å². The molecule has 8 nitrogen and oxygen atoms in total. The van der Waals surface area contributed by atoms with E-state index in [-0.39, 0.29) is 18.8 Å². The average Bonchev–Trinajstić information content (AvgIpc) is 3.10. The van der Waals surface area contributed by atoms with E-state index < -0.39 is 17.9 Å². The molecule has 0 unspecified atom stereocenters. The molecule has 0 aliphatic carbocycles. The van der Waals surface area contributed by atoms with Crippen molar-refractivity contribution in [1.29, 1.82) is 0 Å². The van der Waals surface area contributed by atoms with Gasteiger partial charge in [-0.1, -0.05) is 0 Å². The van der Waals surface area contributed by atoms with Crippen molar-refractivity contribution >= 4 is 11.9 Å². The quantitative estimate of drug-likeness (QED) is 0.666. The third kappa shape index (κ3) is 3.93. The number of carboxylic acid groups (broad SMARTS) is 1. The van der Waals surface area contributed by atoms with Gasteiger partial charge in [-0.05, 0) is 18.2 Å². The highest BCUT2D eigenvalue weighted by molar-refractivity contribution is 5.94. The lowest BCUT2D eigenvalue weighted by atomic mass is 10.2. The lowest BCUT2D eigenvalue weighted by molar-refractivity contribution is -0.139. The Morgan fingerprint density at radius 2 is 2.24 bits per heavy atom. The van der Waals surface area contributed by atoms with Gasteiger partial charge in [0.1, 0.15) is 11.8 Å². The topological polar surface area (TPSA) is 118 Å². The van der Waals surface area contributed by atoms with Crippen LogP contribution in [-0.2, 0) is 11.3 Å². The summed E-state index contributed by atoms with van der Waals surface area (Å²) in [5.41, 5.74) is 0. The molecule has 1 atom stereocenters. The van der Waals surface area contributed by atoms with Gasteiger partial charge >= 0.3 is 5.97 Å². The van der Waals surface area contributed by atoms with Gasteiger partial charge in [-0.2, -0.15) is 5.10 Å². The van der Waals surface area contributed by atoms with Crippen molar-refractivity contribution in [3.8, 4) is 0 Å². The standard InChI is InChI=1S/C13H15N3O5/c17-7-4-10(13(19)20)15-12(18)11-3-2-9(21-11)8-16-6-1-5-14-16/h1-3,5-6,10,17H,4,7-8H2,(H,15,18)(H,19,20)/t10-/m0/s1. The monoisotopic (exact) mass is 293 g/mol. The Morgan fingerprint density at radius 3 is 2.86 bits per heavy atom. The minimum Gasteiger partial charge on any atom is -0.480 e. The lowest BCUT2D eigenvalue weighted by Gasteiger charge is -2.11. The summed E-state index contributed by atoms with van der Waals surface area (Å²) in [5, 5.41) is 24.0. The number of rotatable bonds is 7. The SMILES string of the molecule is O=C(N[C@@H](CCO)C(=O)O)c1ccc(Cn2cccn2)o1. The van der Waals surface area contributed by atoms with Crippen LogP contribution in [0.3, 0.4) is 0 Å². The number of hydrogen-bond donors (Lipinski definition) is 3. The van der Waals surface area contributed by atoms with Crippen molar-refractivity contribution in [3.05, 3.63) is 42.1 Å². The summed E-state index contributed by atoms with van der Waals surface area (Å²) in [4.78, 5) is 22.8. The molecule has 0 saturated heterocycles. The maximum Gasteiger partial charge on any atom is 0.326 e. The maximum absolute atomic E-state index is 11.9. The molecule has 3 N–H and O–H groups in total. The van der Waals surface area contributed by atoms with E-state index in [1.807, 2.05) is 0 Å². The van der Waals surface area contributed by atoms with Crippen LogP contribution in [0.2, 0.25) is 0 Å². The van der Waals surface area contributed by atoms with Crippen molar-refractivity contribution in [2.45, 2.75) is 19.0 Å². The van der Waals surface area contributed by atoms with Gasteiger partial charge in [0.05, 0.1) is 6.54 Å². The number of nitrogens with one attached hydrogen (secondary N) is 1. The number of hydrogen-bond acceptors (Lipinski definition) is 5. The fourth-order valence-electron chi connectivity index (χ4n) is 1.75. The first-order chi connectivity index (χ1) is 10.1. The van der Waals surface area contributed by atoms with Crippen molar-refractivity contribution in [2.75, 3.05) is 6.61 Å². The van der Waals surface area contributed by atoms with Gasteiger partial charge in [0, 0.05) is 25.4 Å². The first-order valence-corrected chi connectivity index (χ1v) is 6.31. The van der Waals surface area contributed by atoms with E-state index in [0.717, 1.165) is 0 Å². The van der Waals surface area contributed by atoms with Crippen molar-refractivity contribution in [1.82, 2.24) is 15.1 Å². The Hall–Kier alpha value is -2.61. The van der Waals surface area contributed by atoms with Crippen LogP contribution in [0, 0.1) is 0 Å². The third-order valence-corrected chi connectivity index (χ3v) is 2.78. The minimum atomic E-state index is -1.21. The smallest absolute Gasteiger partial charge is 0.326 e. The molecule has 2 rings (SSSR count). The van der Waals surface area contributed by atoms with E-state index in [1.54, 1.807) is 29.2 Å². The molecule has 2 aromatic heterocycles. The molecule has 0 saturated carbocycles. The summed E-state index contributed by atoms with van der Waals surface area (Å²) >= 11 is 0. The van der Waals surface area contributed by atoms with Crippen LogP contribution in [0.4, 0.5) is 0 Å². The number of furan rings is 1. The number of aliphatic carboxylic acids is 1. The van der Waals surface area contributed by atoms with Gasteiger partial charge in [-0.15, -0.1) is 0 Å². The molecule has 21 heavy (non-hydrogen) atoms. The highest BCUT2D eigenvalue weighted by Gasteiger charge is 2.21.